The molecule has 0 aliphatic carbocycles. The molecule has 8 heteroatoms. The van der Waals surface area contributed by atoms with Crippen LogP contribution in [0.15, 0.2) is 53.1 Å². The van der Waals surface area contributed by atoms with Crippen molar-refractivity contribution >= 4 is 23.0 Å². The van der Waals surface area contributed by atoms with Gasteiger partial charge in [-0.25, -0.2) is 10.4 Å². The van der Waals surface area contributed by atoms with E-state index in [0.717, 1.165) is 0 Å². The topological polar surface area (TPSA) is 101 Å². The third-order valence-electron chi connectivity index (χ3n) is 2.89. The lowest BCUT2D eigenvalue weighted by Gasteiger charge is -2.03. The highest BCUT2D eigenvalue weighted by molar-refractivity contribution is 6.72. The second kappa shape index (κ2) is 6.00. The maximum absolute atomic E-state index is 11.8. The minimum absolute atomic E-state index is 0.177. The molecule has 1 amide bonds. The number of ether oxygens (including phenoxy) is 1. The lowest BCUT2D eigenvalue weighted by Crippen LogP contribution is -2.25. The van der Waals surface area contributed by atoms with E-state index in [1.807, 2.05) is 0 Å². The molecule has 0 atom stereocenters. The van der Waals surface area contributed by atoms with Crippen molar-refractivity contribution in [3.63, 3.8) is 0 Å². The van der Waals surface area contributed by atoms with E-state index < -0.39 is 0 Å². The predicted octanol–water partition coefficient (Wildman–Crippen LogP) is 0.787. The van der Waals surface area contributed by atoms with Gasteiger partial charge in [0.1, 0.15) is 5.71 Å². The average Bonchev–Trinajstić information content (AvgIpc) is 2.95. The van der Waals surface area contributed by atoms with Crippen molar-refractivity contribution in [2.24, 2.45) is 10.2 Å². The molecule has 1 aliphatic rings. The van der Waals surface area contributed by atoms with Crippen molar-refractivity contribution in [1.82, 2.24) is 15.4 Å². The average molecular weight is 296 g/mol. The Morgan fingerprint density at radius 1 is 1.27 bits per heavy atom. The number of aromatic nitrogens is 2. The summed E-state index contributed by atoms with van der Waals surface area (Å²) in [6.45, 7) is 0. The van der Waals surface area contributed by atoms with Crippen molar-refractivity contribution in [3.8, 4) is 5.88 Å². The normalized spacial score (nSPS) is 15.4. The predicted molar refractivity (Wildman–Crippen MR) is 80.8 cm³/mol. The summed E-state index contributed by atoms with van der Waals surface area (Å²) < 4.78 is 5.00. The van der Waals surface area contributed by atoms with E-state index in [4.69, 9.17) is 4.74 Å². The number of hydrazone groups is 2. The molecule has 0 spiro atoms. The fourth-order valence-corrected chi connectivity index (χ4v) is 1.82. The van der Waals surface area contributed by atoms with Crippen LogP contribution in [0.3, 0.4) is 0 Å². The summed E-state index contributed by atoms with van der Waals surface area (Å²) in [4.78, 5) is 19.9. The highest BCUT2D eigenvalue weighted by Crippen LogP contribution is 2.11. The van der Waals surface area contributed by atoms with Gasteiger partial charge in [-0.3, -0.25) is 15.2 Å². The first-order valence-electron chi connectivity index (χ1n) is 6.40. The fraction of sp³-hybridized carbons (Fsp3) is 0.0714. The molecule has 1 aliphatic heterocycles. The lowest BCUT2D eigenvalue weighted by atomic mass is 10.1. The number of hydrogen-bond acceptors (Lipinski definition) is 7. The van der Waals surface area contributed by atoms with Gasteiger partial charge in [0.2, 0.25) is 5.88 Å². The first kappa shape index (κ1) is 13.7. The maximum atomic E-state index is 11.8. The van der Waals surface area contributed by atoms with Crippen LogP contribution in [0.5, 0.6) is 5.88 Å². The van der Waals surface area contributed by atoms with Crippen LogP contribution in [-0.4, -0.2) is 34.4 Å². The van der Waals surface area contributed by atoms with E-state index in [2.05, 4.69) is 31.0 Å². The number of anilines is 1. The Bertz CT molecular complexity index is 740. The van der Waals surface area contributed by atoms with Crippen LogP contribution >= 0.6 is 0 Å². The molecule has 2 N–H and O–H groups in total. The van der Waals surface area contributed by atoms with Crippen LogP contribution < -0.4 is 15.6 Å². The summed E-state index contributed by atoms with van der Waals surface area (Å²) in [7, 11) is 1.53. The number of amides is 1. The van der Waals surface area contributed by atoms with Gasteiger partial charge in [0, 0.05) is 24.0 Å². The summed E-state index contributed by atoms with van der Waals surface area (Å²) >= 11 is 0. The van der Waals surface area contributed by atoms with Crippen molar-refractivity contribution in [3.05, 3.63) is 48.4 Å². The molecule has 0 radical (unpaired) electrons. The third-order valence-corrected chi connectivity index (χ3v) is 2.89. The van der Waals surface area contributed by atoms with E-state index in [-0.39, 0.29) is 11.6 Å². The summed E-state index contributed by atoms with van der Waals surface area (Å²) in [5.41, 5.74) is 7.08. The molecular weight excluding hydrogens is 284 g/mol. The molecule has 0 unspecified atom stereocenters. The number of carbonyl (C=O) groups is 1. The smallest absolute Gasteiger partial charge is 0.294 e. The Hall–Kier alpha value is -3.29. The summed E-state index contributed by atoms with van der Waals surface area (Å²) in [5.74, 6) is 0.0933. The van der Waals surface area contributed by atoms with Crippen LogP contribution in [0.1, 0.15) is 5.56 Å². The van der Waals surface area contributed by atoms with E-state index in [1.165, 1.54) is 7.11 Å². The van der Waals surface area contributed by atoms with Gasteiger partial charge >= 0.3 is 0 Å². The molecule has 110 valence electrons. The number of pyridine rings is 2. The standard InChI is InChI=1S/C14H12N6O2/c1-22-11-5-4-9(7-16-11)12-13(14(21)20-18-12)19-17-10-3-2-6-15-8-10/h2-8,17H,1H3,(H,19,20,21). The fourth-order valence-electron chi connectivity index (χ4n) is 1.82. The summed E-state index contributed by atoms with van der Waals surface area (Å²) in [6.07, 6.45) is 4.82. The molecule has 0 bridgehead atoms. The highest BCUT2D eigenvalue weighted by Gasteiger charge is 2.26. The van der Waals surface area contributed by atoms with Gasteiger partial charge in [-0.1, -0.05) is 0 Å². The number of hydrogen-bond donors (Lipinski definition) is 2. The Balaban J connectivity index is 1.85. The summed E-state index contributed by atoms with van der Waals surface area (Å²) in [5, 5.41) is 8.09. The number of nitrogens with zero attached hydrogens (tertiary/aromatic N) is 4. The van der Waals surface area contributed by atoms with Crippen LogP contribution in [0.25, 0.3) is 0 Å². The number of methoxy groups -OCH3 is 1. The molecular formula is C14H12N6O2. The largest absolute Gasteiger partial charge is 0.481 e. The highest BCUT2D eigenvalue weighted by atomic mass is 16.5. The molecule has 0 aromatic carbocycles. The molecule has 0 saturated carbocycles. The first-order valence-corrected chi connectivity index (χ1v) is 6.40. The lowest BCUT2D eigenvalue weighted by molar-refractivity contribution is -0.114. The number of carbonyl (C=O) groups excluding carboxylic acids is 1. The van der Waals surface area contributed by atoms with Crippen LogP contribution in [0.2, 0.25) is 0 Å². The van der Waals surface area contributed by atoms with Crippen molar-refractivity contribution in [1.29, 1.82) is 0 Å². The molecule has 22 heavy (non-hydrogen) atoms. The van der Waals surface area contributed by atoms with E-state index >= 15 is 0 Å². The van der Waals surface area contributed by atoms with Crippen LogP contribution in [-0.2, 0) is 4.79 Å². The zero-order chi connectivity index (χ0) is 15.4. The van der Waals surface area contributed by atoms with Gasteiger partial charge in [0.25, 0.3) is 5.91 Å². The monoisotopic (exact) mass is 296 g/mol. The molecule has 8 nitrogen and oxygen atoms in total. The Labute approximate surface area is 125 Å². The van der Waals surface area contributed by atoms with Crippen LogP contribution in [0.4, 0.5) is 5.69 Å². The molecule has 2 aromatic rings. The molecule has 2 aromatic heterocycles. The second-order valence-corrected chi connectivity index (χ2v) is 4.30. The summed E-state index contributed by atoms with van der Waals surface area (Å²) in [6, 6.07) is 6.99. The molecule has 0 saturated heterocycles. The molecule has 3 heterocycles. The zero-order valence-corrected chi connectivity index (χ0v) is 11.6. The van der Waals surface area contributed by atoms with Crippen molar-refractivity contribution < 1.29 is 9.53 Å². The van der Waals surface area contributed by atoms with E-state index in [0.29, 0.717) is 22.8 Å². The molecule has 0 fully saturated rings. The number of nitrogens with one attached hydrogen (secondary N) is 2. The zero-order valence-electron chi connectivity index (χ0n) is 11.6. The SMILES string of the molecule is COc1ccc(C2=NNC(=O)/C2=N/Nc2cccnc2)cn1. The van der Waals surface area contributed by atoms with Gasteiger partial charge < -0.3 is 4.74 Å². The Morgan fingerprint density at radius 2 is 2.18 bits per heavy atom. The number of rotatable bonds is 4. The molecule has 3 rings (SSSR count). The Kier molecular flexibility index (Phi) is 3.73. The minimum atomic E-state index is -0.387. The van der Waals surface area contributed by atoms with Gasteiger partial charge in [0.05, 0.1) is 19.0 Å². The van der Waals surface area contributed by atoms with Gasteiger partial charge in [-0.2, -0.15) is 10.2 Å². The van der Waals surface area contributed by atoms with Crippen molar-refractivity contribution in [2.75, 3.05) is 12.5 Å². The van der Waals surface area contributed by atoms with Crippen LogP contribution in [0, 0.1) is 0 Å². The van der Waals surface area contributed by atoms with E-state index in [9.17, 15) is 4.79 Å². The van der Waals surface area contributed by atoms with Gasteiger partial charge in [-0.05, 0) is 18.2 Å². The van der Waals surface area contributed by atoms with Crippen molar-refractivity contribution in [2.45, 2.75) is 0 Å². The Morgan fingerprint density at radius 3 is 2.86 bits per heavy atom. The quantitative estimate of drug-likeness (QED) is 0.812. The third kappa shape index (κ3) is 2.75. The van der Waals surface area contributed by atoms with Gasteiger partial charge in [-0.15, -0.1) is 0 Å². The second-order valence-electron chi connectivity index (χ2n) is 4.30. The maximum Gasteiger partial charge on any atom is 0.294 e. The first-order chi connectivity index (χ1) is 10.8. The van der Waals surface area contributed by atoms with E-state index in [1.54, 1.807) is 42.9 Å². The minimum Gasteiger partial charge on any atom is -0.481 e. The van der Waals surface area contributed by atoms with Gasteiger partial charge in [0.15, 0.2) is 5.71 Å².